The molecule has 3 heteroatoms. The van der Waals surface area contributed by atoms with Crippen molar-refractivity contribution in [3.63, 3.8) is 0 Å². The molecule has 0 aromatic carbocycles. The molecule has 1 atom stereocenters. The maximum atomic E-state index is 5.10. The van der Waals surface area contributed by atoms with Gasteiger partial charge in [0.2, 0.25) is 0 Å². The van der Waals surface area contributed by atoms with E-state index in [4.69, 9.17) is 4.74 Å². The largest absolute Gasteiger partial charge is 0.385 e. The molecule has 16 heavy (non-hydrogen) atoms. The van der Waals surface area contributed by atoms with Gasteiger partial charge in [-0.25, -0.2) is 0 Å². The molecule has 0 saturated carbocycles. The average Bonchev–Trinajstić information content (AvgIpc) is 2.30. The van der Waals surface area contributed by atoms with Crippen LogP contribution in [-0.2, 0) is 4.74 Å². The fraction of sp³-hybridized carbons (Fsp3) is 1.00. The van der Waals surface area contributed by atoms with Crippen molar-refractivity contribution < 1.29 is 4.74 Å². The lowest BCUT2D eigenvalue weighted by molar-refractivity contribution is 0.186. The molecule has 0 amide bonds. The molecule has 0 heterocycles. The summed E-state index contributed by atoms with van der Waals surface area (Å²) in [6.07, 6.45) is 3.63. The summed E-state index contributed by atoms with van der Waals surface area (Å²) >= 11 is 0. The molecule has 0 aromatic heterocycles. The molecule has 0 saturated heterocycles. The first kappa shape index (κ1) is 15.9. The van der Waals surface area contributed by atoms with Crippen molar-refractivity contribution >= 4 is 0 Å². The summed E-state index contributed by atoms with van der Waals surface area (Å²) in [7, 11) is 1.78. The van der Waals surface area contributed by atoms with E-state index < -0.39 is 0 Å². The quantitative estimate of drug-likeness (QED) is 0.550. The summed E-state index contributed by atoms with van der Waals surface area (Å²) in [6, 6.07) is 0.653. The molecule has 0 radical (unpaired) electrons. The first-order valence-electron chi connectivity index (χ1n) is 6.73. The van der Waals surface area contributed by atoms with Crippen LogP contribution in [0.15, 0.2) is 0 Å². The van der Waals surface area contributed by atoms with E-state index in [0.717, 1.165) is 32.7 Å². The van der Waals surface area contributed by atoms with E-state index in [-0.39, 0.29) is 0 Å². The fourth-order valence-corrected chi connectivity index (χ4v) is 1.99. The first-order chi connectivity index (χ1) is 7.78. The van der Waals surface area contributed by atoms with Crippen LogP contribution in [-0.4, -0.2) is 50.8 Å². The second kappa shape index (κ2) is 11.4. The molecule has 0 fully saturated rings. The molecule has 0 spiro atoms. The van der Waals surface area contributed by atoms with Gasteiger partial charge in [-0.3, -0.25) is 0 Å². The monoisotopic (exact) mass is 230 g/mol. The smallest absolute Gasteiger partial charge is 0.0462 e. The third-order valence-corrected chi connectivity index (χ3v) is 3.08. The Labute approximate surface area is 102 Å². The van der Waals surface area contributed by atoms with Crippen molar-refractivity contribution in [1.29, 1.82) is 0 Å². The zero-order valence-corrected chi connectivity index (χ0v) is 11.6. The summed E-state index contributed by atoms with van der Waals surface area (Å²) < 4.78 is 5.10. The fourth-order valence-electron chi connectivity index (χ4n) is 1.99. The molecule has 98 valence electrons. The SMILES string of the molecule is CCNC(CCCOC)CCN(CC)CC. The minimum atomic E-state index is 0.653. The number of hydrogen-bond donors (Lipinski definition) is 1. The molecule has 1 unspecified atom stereocenters. The van der Waals surface area contributed by atoms with Crippen LogP contribution >= 0.6 is 0 Å². The lowest BCUT2D eigenvalue weighted by Crippen LogP contribution is -2.34. The summed E-state index contributed by atoms with van der Waals surface area (Å²) in [4.78, 5) is 2.49. The predicted molar refractivity (Wildman–Crippen MR) is 71.0 cm³/mol. The number of methoxy groups -OCH3 is 1. The highest BCUT2D eigenvalue weighted by molar-refractivity contribution is 4.68. The van der Waals surface area contributed by atoms with Gasteiger partial charge in [-0.15, -0.1) is 0 Å². The van der Waals surface area contributed by atoms with Gasteiger partial charge in [0, 0.05) is 19.8 Å². The first-order valence-corrected chi connectivity index (χ1v) is 6.73. The second-order valence-electron chi connectivity index (χ2n) is 4.21. The Morgan fingerprint density at radius 1 is 1.12 bits per heavy atom. The average molecular weight is 230 g/mol. The van der Waals surface area contributed by atoms with Crippen LogP contribution in [0.5, 0.6) is 0 Å². The van der Waals surface area contributed by atoms with Gasteiger partial charge in [-0.2, -0.15) is 0 Å². The third-order valence-electron chi connectivity index (χ3n) is 3.08. The van der Waals surface area contributed by atoms with E-state index >= 15 is 0 Å². The van der Waals surface area contributed by atoms with Crippen LogP contribution in [0, 0.1) is 0 Å². The third kappa shape index (κ3) is 8.08. The van der Waals surface area contributed by atoms with Crippen LogP contribution in [0.3, 0.4) is 0 Å². The Morgan fingerprint density at radius 2 is 1.81 bits per heavy atom. The Balaban J connectivity index is 3.73. The molecule has 1 N–H and O–H groups in total. The van der Waals surface area contributed by atoms with Crippen molar-refractivity contribution in [2.24, 2.45) is 0 Å². The maximum absolute atomic E-state index is 5.10. The van der Waals surface area contributed by atoms with E-state index in [1.165, 1.54) is 19.4 Å². The zero-order chi connectivity index (χ0) is 12.2. The van der Waals surface area contributed by atoms with Crippen molar-refractivity contribution in [2.75, 3.05) is 39.9 Å². The molecular weight excluding hydrogens is 200 g/mol. The minimum Gasteiger partial charge on any atom is -0.385 e. The number of hydrogen-bond acceptors (Lipinski definition) is 3. The van der Waals surface area contributed by atoms with E-state index in [2.05, 4.69) is 31.0 Å². The Bertz CT molecular complexity index is 138. The highest BCUT2D eigenvalue weighted by Crippen LogP contribution is 2.04. The van der Waals surface area contributed by atoms with Gasteiger partial charge < -0.3 is 15.0 Å². The number of ether oxygens (including phenoxy) is 1. The number of nitrogens with one attached hydrogen (secondary N) is 1. The van der Waals surface area contributed by atoms with Crippen LogP contribution < -0.4 is 5.32 Å². The van der Waals surface area contributed by atoms with Crippen LogP contribution in [0.1, 0.15) is 40.0 Å². The normalized spacial score (nSPS) is 13.3. The molecule has 0 rings (SSSR count). The Kier molecular flexibility index (Phi) is 11.3. The standard InChI is InChI=1S/C13H30N2O/c1-5-14-13(9-8-12-16-4)10-11-15(6-2)7-3/h13-14H,5-12H2,1-4H3. The van der Waals surface area contributed by atoms with Crippen molar-refractivity contribution in [2.45, 2.75) is 46.1 Å². The van der Waals surface area contributed by atoms with Gasteiger partial charge in [0.1, 0.15) is 0 Å². The summed E-state index contributed by atoms with van der Waals surface area (Å²) in [5.41, 5.74) is 0. The summed E-state index contributed by atoms with van der Waals surface area (Å²) in [5, 5.41) is 3.56. The maximum Gasteiger partial charge on any atom is 0.0462 e. The Hall–Kier alpha value is -0.120. The second-order valence-corrected chi connectivity index (χ2v) is 4.21. The van der Waals surface area contributed by atoms with Gasteiger partial charge in [-0.05, 0) is 45.4 Å². The van der Waals surface area contributed by atoms with E-state index in [9.17, 15) is 0 Å². The van der Waals surface area contributed by atoms with Crippen LogP contribution in [0.25, 0.3) is 0 Å². The van der Waals surface area contributed by atoms with Gasteiger partial charge in [0.05, 0.1) is 0 Å². The highest BCUT2D eigenvalue weighted by atomic mass is 16.5. The van der Waals surface area contributed by atoms with E-state index in [0.29, 0.717) is 6.04 Å². The predicted octanol–water partition coefficient (Wildman–Crippen LogP) is 2.12. The molecule has 0 aliphatic heterocycles. The summed E-state index contributed by atoms with van der Waals surface area (Å²) in [6.45, 7) is 12.1. The minimum absolute atomic E-state index is 0.653. The lowest BCUT2D eigenvalue weighted by Gasteiger charge is -2.23. The number of nitrogens with zero attached hydrogens (tertiary/aromatic N) is 1. The van der Waals surface area contributed by atoms with E-state index in [1.54, 1.807) is 7.11 Å². The number of rotatable bonds is 11. The van der Waals surface area contributed by atoms with E-state index in [1.807, 2.05) is 0 Å². The molecule has 3 nitrogen and oxygen atoms in total. The van der Waals surface area contributed by atoms with Crippen molar-refractivity contribution in [3.8, 4) is 0 Å². The van der Waals surface area contributed by atoms with Gasteiger partial charge in [0.25, 0.3) is 0 Å². The van der Waals surface area contributed by atoms with Crippen LogP contribution in [0.4, 0.5) is 0 Å². The molecule has 0 aliphatic carbocycles. The van der Waals surface area contributed by atoms with Crippen molar-refractivity contribution in [1.82, 2.24) is 10.2 Å². The van der Waals surface area contributed by atoms with Crippen molar-refractivity contribution in [3.05, 3.63) is 0 Å². The van der Waals surface area contributed by atoms with Crippen LogP contribution in [0.2, 0.25) is 0 Å². The molecule has 0 aromatic rings. The zero-order valence-electron chi connectivity index (χ0n) is 11.6. The molecular formula is C13H30N2O. The van der Waals surface area contributed by atoms with Gasteiger partial charge in [-0.1, -0.05) is 20.8 Å². The Morgan fingerprint density at radius 3 is 2.31 bits per heavy atom. The van der Waals surface area contributed by atoms with Gasteiger partial charge >= 0.3 is 0 Å². The topological polar surface area (TPSA) is 24.5 Å². The molecule has 0 aliphatic rings. The lowest BCUT2D eigenvalue weighted by atomic mass is 10.1. The van der Waals surface area contributed by atoms with Gasteiger partial charge in [0.15, 0.2) is 0 Å². The molecule has 0 bridgehead atoms. The highest BCUT2D eigenvalue weighted by Gasteiger charge is 2.08. The summed E-state index contributed by atoms with van der Waals surface area (Å²) in [5.74, 6) is 0.